The Kier molecular flexibility index (Phi) is 4.69. The topological polar surface area (TPSA) is 56.1 Å². The largest absolute Gasteiger partial charge is 0.469 e. The molecule has 1 rings (SSSR count). The molecule has 0 amide bonds. The summed E-state index contributed by atoms with van der Waals surface area (Å²) in [6.07, 6.45) is 5.46. The molecule has 96 valence electrons. The van der Waals surface area contributed by atoms with E-state index in [1.54, 1.807) is 12.5 Å². The number of nitrogens with one attached hydrogen (secondary N) is 1. The van der Waals surface area contributed by atoms with Gasteiger partial charge in [-0.2, -0.15) is 0 Å². The van der Waals surface area contributed by atoms with Crippen molar-refractivity contribution in [3.8, 4) is 0 Å². The van der Waals surface area contributed by atoms with Crippen LogP contribution in [0, 0.1) is 5.41 Å². The van der Waals surface area contributed by atoms with Gasteiger partial charge in [0, 0.05) is 31.5 Å². The van der Waals surface area contributed by atoms with Gasteiger partial charge in [-0.1, -0.05) is 0 Å². The Hall–Kier alpha value is -1.36. The van der Waals surface area contributed by atoms with Crippen molar-refractivity contribution in [3.63, 3.8) is 0 Å². The number of methoxy groups -OCH3 is 1. The fourth-order valence-corrected chi connectivity index (χ4v) is 1.55. The van der Waals surface area contributed by atoms with E-state index in [-0.39, 0.29) is 12.0 Å². The molecule has 0 saturated carbocycles. The van der Waals surface area contributed by atoms with Gasteiger partial charge in [0.15, 0.2) is 0 Å². The van der Waals surface area contributed by atoms with Crippen LogP contribution in [-0.4, -0.2) is 35.2 Å². The van der Waals surface area contributed by atoms with E-state index in [0.717, 1.165) is 6.54 Å². The molecule has 0 saturated heterocycles. The van der Waals surface area contributed by atoms with Gasteiger partial charge >= 0.3 is 5.97 Å². The van der Waals surface area contributed by atoms with Crippen molar-refractivity contribution in [2.24, 2.45) is 5.41 Å². The number of aromatic nitrogens is 2. The van der Waals surface area contributed by atoms with E-state index in [2.05, 4.69) is 17.2 Å². The minimum absolute atomic E-state index is 0.195. The summed E-state index contributed by atoms with van der Waals surface area (Å²) in [5, 5.41) is 3.33. The smallest absolute Gasteiger partial charge is 0.312 e. The number of imidazole rings is 1. The molecule has 0 aromatic carbocycles. The maximum atomic E-state index is 11.5. The second-order valence-electron chi connectivity index (χ2n) is 4.92. The highest BCUT2D eigenvalue weighted by atomic mass is 16.5. The molecule has 0 radical (unpaired) electrons. The number of hydrogen-bond donors (Lipinski definition) is 1. The summed E-state index contributed by atoms with van der Waals surface area (Å²) in [6, 6.07) is 0.271. The molecule has 1 atom stereocenters. The number of rotatable bonds is 6. The summed E-state index contributed by atoms with van der Waals surface area (Å²) in [4.78, 5) is 15.5. The predicted octanol–water partition coefficient (Wildman–Crippen LogP) is 1.06. The van der Waals surface area contributed by atoms with Crippen LogP contribution in [0.4, 0.5) is 0 Å². The lowest BCUT2D eigenvalue weighted by atomic mass is 9.93. The van der Waals surface area contributed by atoms with E-state index in [0.29, 0.717) is 6.54 Å². The van der Waals surface area contributed by atoms with Gasteiger partial charge in [-0.25, -0.2) is 4.98 Å². The van der Waals surface area contributed by atoms with Crippen LogP contribution in [-0.2, 0) is 16.1 Å². The first-order chi connectivity index (χ1) is 7.95. The first-order valence-corrected chi connectivity index (χ1v) is 5.73. The van der Waals surface area contributed by atoms with Crippen LogP contribution in [0.2, 0.25) is 0 Å². The number of ether oxygens (including phenoxy) is 1. The van der Waals surface area contributed by atoms with E-state index < -0.39 is 5.41 Å². The molecule has 1 unspecified atom stereocenters. The Balaban J connectivity index is 2.37. The van der Waals surface area contributed by atoms with E-state index in [4.69, 9.17) is 4.74 Å². The first kappa shape index (κ1) is 13.7. The third kappa shape index (κ3) is 4.19. The van der Waals surface area contributed by atoms with E-state index >= 15 is 0 Å². The Labute approximate surface area is 102 Å². The normalized spacial score (nSPS) is 13.4. The molecule has 5 heteroatoms. The number of carbonyl (C=O) groups excluding carboxylic acids is 1. The van der Waals surface area contributed by atoms with Crippen molar-refractivity contribution in [3.05, 3.63) is 18.7 Å². The Bertz CT molecular complexity index is 347. The predicted molar refractivity (Wildman–Crippen MR) is 65.5 cm³/mol. The van der Waals surface area contributed by atoms with Crippen molar-refractivity contribution < 1.29 is 9.53 Å². The molecule has 1 heterocycles. The molecule has 0 fully saturated rings. The molecule has 0 bridgehead atoms. The monoisotopic (exact) mass is 239 g/mol. The number of esters is 1. The average molecular weight is 239 g/mol. The van der Waals surface area contributed by atoms with Gasteiger partial charge in [0.2, 0.25) is 0 Å². The summed E-state index contributed by atoms with van der Waals surface area (Å²) >= 11 is 0. The van der Waals surface area contributed by atoms with Crippen molar-refractivity contribution in [2.45, 2.75) is 33.4 Å². The highest BCUT2D eigenvalue weighted by Crippen LogP contribution is 2.15. The van der Waals surface area contributed by atoms with E-state index in [9.17, 15) is 4.79 Å². The standard InChI is InChI=1S/C12H21N3O2/c1-10(7-15-6-5-13-9-15)14-8-12(2,3)11(16)17-4/h5-6,9-10,14H,7-8H2,1-4H3. The van der Waals surface area contributed by atoms with Gasteiger partial charge in [-0.15, -0.1) is 0 Å². The molecule has 1 aromatic rings. The van der Waals surface area contributed by atoms with Crippen LogP contribution in [0.15, 0.2) is 18.7 Å². The Morgan fingerprint density at radius 1 is 1.59 bits per heavy atom. The van der Waals surface area contributed by atoms with Crippen LogP contribution in [0.25, 0.3) is 0 Å². The van der Waals surface area contributed by atoms with Crippen molar-refractivity contribution in [2.75, 3.05) is 13.7 Å². The molecule has 5 nitrogen and oxygen atoms in total. The highest BCUT2D eigenvalue weighted by Gasteiger charge is 2.28. The van der Waals surface area contributed by atoms with Gasteiger partial charge in [0.1, 0.15) is 0 Å². The van der Waals surface area contributed by atoms with Gasteiger partial charge in [-0.3, -0.25) is 4.79 Å². The zero-order valence-electron chi connectivity index (χ0n) is 10.9. The van der Waals surface area contributed by atoms with Crippen molar-refractivity contribution >= 4 is 5.97 Å². The lowest BCUT2D eigenvalue weighted by Crippen LogP contribution is -2.41. The van der Waals surface area contributed by atoms with Gasteiger partial charge in [-0.05, 0) is 20.8 Å². The molecule has 0 aliphatic carbocycles. The van der Waals surface area contributed by atoms with Gasteiger partial charge in [0.05, 0.1) is 18.9 Å². The lowest BCUT2D eigenvalue weighted by Gasteiger charge is -2.24. The molecule has 17 heavy (non-hydrogen) atoms. The minimum Gasteiger partial charge on any atom is -0.469 e. The van der Waals surface area contributed by atoms with Crippen LogP contribution in [0.3, 0.4) is 0 Å². The van der Waals surface area contributed by atoms with Crippen LogP contribution < -0.4 is 5.32 Å². The van der Waals surface area contributed by atoms with Crippen molar-refractivity contribution in [1.82, 2.24) is 14.9 Å². The number of hydrogen-bond acceptors (Lipinski definition) is 4. The summed E-state index contributed by atoms with van der Waals surface area (Å²) in [7, 11) is 1.42. The van der Waals surface area contributed by atoms with Gasteiger partial charge < -0.3 is 14.6 Å². The summed E-state index contributed by atoms with van der Waals surface area (Å²) in [5.41, 5.74) is -0.502. The summed E-state index contributed by atoms with van der Waals surface area (Å²) in [6.45, 7) is 7.24. The van der Waals surface area contributed by atoms with Crippen LogP contribution in [0.1, 0.15) is 20.8 Å². The van der Waals surface area contributed by atoms with Gasteiger partial charge in [0.25, 0.3) is 0 Å². The molecule has 1 aromatic heterocycles. The maximum Gasteiger partial charge on any atom is 0.312 e. The highest BCUT2D eigenvalue weighted by molar-refractivity contribution is 5.76. The summed E-state index contributed by atoms with van der Waals surface area (Å²) in [5.74, 6) is -0.195. The third-order valence-electron chi connectivity index (χ3n) is 2.67. The number of nitrogens with zero attached hydrogens (tertiary/aromatic N) is 2. The fourth-order valence-electron chi connectivity index (χ4n) is 1.55. The second-order valence-corrected chi connectivity index (χ2v) is 4.92. The van der Waals surface area contributed by atoms with Crippen molar-refractivity contribution in [1.29, 1.82) is 0 Å². The Morgan fingerprint density at radius 2 is 2.29 bits per heavy atom. The Morgan fingerprint density at radius 3 is 2.82 bits per heavy atom. The average Bonchev–Trinajstić information content (AvgIpc) is 2.78. The van der Waals surface area contributed by atoms with Crippen LogP contribution >= 0.6 is 0 Å². The lowest BCUT2D eigenvalue weighted by molar-refractivity contribution is -0.150. The molecular weight excluding hydrogens is 218 g/mol. The zero-order chi connectivity index (χ0) is 12.9. The molecular formula is C12H21N3O2. The fraction of sp³-hybridized carbons (Fsp3) is 0.667. The maximum absolute atomic E-state index is 11.5. The minimum atomic E-state index is -0.502. The quantitative estimate of drug-likeness (QED) is 0.754. The molecule has 0 spiro atoms. The SMILES string of the molecule is COC(=O)C(C)(C)CNC(C)Cn1ccnc1. The number of carbonyl (C=O) groups is 1. The van der Waals surface area contributed by atoms with E-state index in [1.807, 2.05) is 24.6 Å². The third-order valence-corrected chi connectivity index (χ3v) is 2.67. The molecule has 0 aliphatic heterocycles. The molecule has 1 N–H and O–H groups in total. The molecule has 0 aliphatic rings. The first-order valence-electron chi connectivity index (χ1n) is 5.73. The zero-order valence-corrected chi connectivity index (χ0v) is 10.9. The van der Waals surface area contributed by atoms with E-state index in [1.165, 1.54) is 7.11 Å². The summed E-state index contributed by atoms with van der Waals surface area (Å²) < 4.78 is 6.76. The van der Waals surface area contributed by atoms with Crippen LogP contribution in [0.5, 0.6) is 0 Å². The second kappa shape index (κ2) is 5.82.